The van der Waals surface area contributed by atoms with Gasteiger partial charge in [-0.15, -0.1) is 0 Å². The number of hydrogen-bond donors (Lipinski definition) is 0. The van der Waals surface area contributed by atoms with Crippen molar-refractivity contribution in [2.24, 2.45) is 4.99 Å². The monoisotopic (exact) mass is 248 g/mol. The molecule has 0 aromatic carbocycles. The number of fused-ring (bicyclic) bond motifs is 3. The number of aliphatic imine (C=N–C) groups is 1. The molecule has 3 atom stereocenters. The smallest absolute Gasteiger partial charge is 0.289 e. The Kier molecular flexibility index (Phi) is 3.37. The van der Waals surface area contributed by atoms with Crippen LogP contribution in [0.15, 0.2) is 29.3 Å². The number of rotatable bonds is 5. The van der Waals surface area contributed by atoms with E-state index in [2.05, 4.69) is 41.1 Å². The van der Waals surface area contributed by atoms with Crippen LogP contribution in [0.3, 0.4) is 0 Å². The minimum Gasteiger partial charge on any atom is -0.457 e. The SMILES string of the molecule is CCCCOCC1CN2C(=NC3C=CC=CC32)O1. The van der Waals surface area contributed by atoms with E-state index in [1.165, 1.54) is 6.42 Å². The van der Waals surface area contributed by atoms with Crippen molar-refractivity contribution in [3.63, 3.8) is 0 Å². The van der Waals surface area contributed by atoms with E-state index in [-0.39, 0.29) is 12.1 Å². The molecule has 2 heterocycles. The lowest BCUT2D eigenvalue weighted by Gasteiger charge is -2.22. The molecule has 1 saturated heterocycles. The number of nitrogens with zero attached hydrogens (tertiary/aromatic N) is 2. The average molecular weight is 248 g/mol. The molecule has 3 rings (SSSR count). The second-order valence-electron chi connectivity index (χ2n) is 4.98. The minimum atomic E-state index is 0.140. The number of hydrogen-bond acceptors (Lipinski definition) is 4. The summed E-state index contributed by atoms with van der Waals surface area (Å²) in [6, 6.07) is 1.39. The van der Waals surface area contributed by atoms with Gasteiger partial charge >= 0.3 is 0 Å². The van der Waals surface area contributed by atoms with Crippen LogP contribution in [0, 0.1) is 0 Å². The van der Waals surface area contributed by atoms with Gasteiger partial charge < -0.3 is 14.4 Å². The van der Waals surface area contributed by atoms with E-state index in [1.807, 2.05) is 0 Å². The van der Waals surface area contributed by atoms with Crippen LogP contribution in [0.1, 0.15) is 19.8 Å². The van der Waals surface area contributed by atoms with Crippen LogP contribution in [0.4, 0.5) is 0 Å². The van der Waals surface area contributed by atoms with E-state index in [4.69, 9.17) is 9.47 Å². The fourth-order valence-electron chi connectivity index (χ4n) is 2.57. The second kappa shape index (κ2) is 5.14. The number of ether oxygens (including phenoxy) is 2. The highest BCUT2D eigenvalue weighted by Crippen LogP contribution is 2.28. The van der Waals surface area contributed by atoms with Crippen LogP contribution in [0.5, 0.6) is 0 Å². The Hall–Kier alpha value is -1.29. The van der Waals surface area contributed by atoms with Crippen molar-refractivity contribution in [1.82, 2.24) is 4.90 Å². The van der Waals surface area contributed by atoms with Gasteiger partial charge in [-0.3, -0.25) is 0 Å². The van der Waals surface area contributed by atoms with Crippen molar-refractivity contribution in [3.8, 4) is 0 Å². The lowest BCUT2D eigenvalue weighted by atomic mass is 10.0. The highest BCUT2D eigenvalue weighted by atomic mass is 16.6. The average Bonchev–Trinajstić information content (AvgIpc) is 2.91. The van der Waals surface area contributed by atoms with Crippen molar-refractivity contribution >= 4 is 6.02 Å². The molecule has 1 fully saturated rings. The largest absolute Gasteiger partial charge is 0.457 e. The van der Waals surface area contributed by atoms with E-state index in [9.17, 15) is 0 Å². The van der Waals surface area contributed by atoms with Crippen LogP contribution >= 0.6 is 0 Å². The Morgan fingerprint density at radius 2 is 2.33 bits per heavy atom. The van der Waals surface area contributed by atoms with Gasteiger partial charge in [-0.05, 0) is 6.42 Å². The summed E-state index contributed by atoms with van der Waals surface area (Å²) in [6.07, 6.45) is 10.9. The van der Waals surface area contributed by atoms with E-state index < -0.39 is 0 Å². The molecule has 4 nitrogen and oxygen atoms in total. The standard InChI is InChI=1S/C14H20N2O2/c1-2-3-8-17-10-11-9-16-13-7-5-4-6-12(13)15-14(16)18-11/h4-7,11-13H,2-3,8-10H2,1H3. The molecule has 0 aromatic heterocycles. The maximum absolute atomic E-state index is 5.84. The van der Waals surface area contributed by atoms with Crippen LogP contribution in [-0.2, 0) is 9.47 Å². The van der Waals surface area contributed by atoms with Crippen molar-refractivity contribution in [2.45, 2.75) is 38.0 Å². The molecular formula is C14H20N2O2. The third kappa shape index (κ3) is 2.17. The predicted octanol–water partition coefficient (Wildman–Crippen LogP) is 1.74. The zero-order chi connectivity index (χ0) is 12.4. The number of allylic oxidation sites excluding steroid dienone is 2. The van der Waals surface area contributed by atoms with Gasteiger partial charge in [-0.25, -0.2) is 4.99 Å². The summed E-state index contributed by atoms with van der Waals surface area (Å²) in [5, 5.41) is 0. The first-order valence-corrected chi connectivity index (χ1v) is 6.82. The molecule has 98 valence electrons. The molecule has 1 aliphatic carbocycles. The van der Waals surface area contributed by atoms with Gasteiger partial charge in [0, 0.05) is 6.61 Å². The molecule has 0 radical (unpaired) electrons. The Bertz CT molecular complexity index is 389. The third-order valence-electron chi connectivity index (χ3n) is 3.56. The topological polar surface area (TPSA) is 34.1 Å². The maximum atomic E-state index is 5.84. The van der Waals surface area contributed by atoms with E-state index in [0.717, 1.165) is 25.6 Å². The van der Waals surface area contributed by atoms with Crippen molar-refractivity contribution in [1.29, 1.82) is 0 Å². The predicted molar refractivity (Wildman–Crippen MR) is 70.6 cm³/mol. The first kappa shape index (κ1) is 11.8. The lowest BCUT2D eigenvalue weighted by molar-refractivity contribution is 0.0562. The van der Waals surface area contributed by atoms with Crippen molar-refractivity contribution < 1.29 is 9.47 Å². The fraction of sp³-hybridized carbons (Fsp3) is 0.643. The Balaban J connectivity index is 1.53. The minimum absolute atomic E-state index is 0.140. The molecule has 0 saturated carbocycles. The van der Waals surface area contributed by atoms with Gasteiger partial charge in [-0.1, -0.05) is 37.6 Å². The zero-order valence-corrected chi connectivity index (χ0v) is 10.8. The molecule has 4 heteroatoms. The summed E-state index contributed by atoms with van der Waals surface area (Å²) < 4.78 is 11.5. The molecule has 0 N–H and O–H groups in total. The Labute approximate surface area is 108 Å². The summed E-state index contributed by atoms with van der Waals surface area (Å²) in [6.45, 7) is 4.57. The highest BCUT2D eigenvalue weighted by Gasteiger charge is 2.42. The first-order chi connectivity index (χ1) is 8.88. The molecular weight excluding hydrogens is 228 g/mol. The Morgan fingerprint density at radius 3 is 3.22 bits per heavy atom. The van der Waals surface area contributed by atoms with Gasteiger partial charge in [0.2, 0.25) is 0 Å². The zero-order valence-electron chi connectivity index (χ0n) is 10.8. The number of amidine groups is 1. The summed E-state index contributed by atoms with van der Waals surface area (Å²) in [7, 11) is 0. The summed E-state index contributed by atoms with van der Waals surface area (Å²) in [5.41, 5.74) is 0. The van der Waals surface area contributed by atoms with Gasteiger partial charge in [-0.2, -0.15) is 0 Å². The highest BCUT2D eigenvalue weighted by molar-refractivity contribution is 5.79. The molecule has 0 aromatic rings. The maximum Gasteiger partial charge on any atom is 0.289 e. The van der Waals surface area contributed by atoms with E-state index in [0.29, 0.717) is 12.6 Å². The second-order valence-corrected chi connectivity index (χ2v) is 4.98. The van der Waals surface area contributed by atoms with Gasteiger partial charge in [0.1, 0.15) is 6.10 Å². The van der Waals surface area contributed by atoms with Gasteiger partial charge in [0.05, 0.1) is 25.2 Å². The number of unbranched alkanes of at least 4 members (excludes halogenated alkanes) is 1. The van der Waals surface area contributed by atoms with Gasteiger partial charge in [0.15, 0.2) is 0 Å². The van der Waals surface area contributed by atoms with Crippen LogP contribution in [-0.4, -0.2) is 48.9 Å². The van der Waals surface area contributed by atoms with Gasteiger partial charge in [0.25, 0.3) is 6.02 Å². The van der Waals surface area contributed by atoms with E-state index >= 15 is 0 Å². The summed E-state index contributed by atoms with van der Waals surface area (Å²) >= 11 is 0. The molecule has 0 spiro atoms. The first-order valence-electron chi connectivity index (χ1n) is 6.82. The molecule has 3 unspecified atom stereocenters. The summed E-state index contributed by atoms with van der Waals surface area (Å²) in [4.78, 5) is 6.84. The Morgan fingerprint density at radius 1 is 1.44 bits per heavy atom. The molecule has 0 amide bonds. The molecule has 18 heavy (non-hydrogen) atoms. The van der Waals surface area contributed by atoms with Crippen LogP contribution in [0.2, 0.25) is 0 Å². The quantitative estimate of drug-likeness (QED) is 0.695. The third-order valence-corrected chi connectivity index (χ3v) is 3.56. The molecule has 2 aliphatic heterocycles. The van der Waals surface area contributed by atoms with Crippen LogP contribution < -0.4 is 0 Å². The lowest BCUT2D eigenvalue weighted by Crippen LogP contribution is -2.37. The van der Waals surface area contributed by atoms with Crippen molar-refractivity contribution in [2.75, 3.05) is 19.8 Å². The van der Waals surface area contributed by atoms with Crippen LogP contribution in [0.25, 0.3) is 0 Å². The molecule has 3 aliphatic rings. The fourth-order valence-corrected chi connectivity index (χ4v) is 2.57. The normalized spacial score (nSPS) is 32.2. The van der Waals surface area contributed by atoms with Crippen molar-refractivity contribution in [3.05, 3.63) is 24.3 Å². The van der Waals surface area contributed by atoms with E-state index in [1.54, 1.807) is 0 Å². The summed E-state index contributed by atoms with van der Waals surface area (Å²) in [5.74, 6) is 0. The molecule has 0 bridgehead atoms.